The molecular formula is C34H49ClN4O6S. The molecule has 2 saturated heterocycles. The topological polar surface area (TPSA) is 119 Å². The van der Waals surface area contributed by atoms with Gasteiger partial charge < -0.3 is 20.1 Å². The van der Waals surface area contributed by atoms with Gasteiger partial charge in [0.05, 0.1) is 17.5 Å². The van der Waals surface area contributed by atoms with Gasteiger partial charge in [0.15, 0.2) is 0 Å². The molecule has 10 nitrogen and oxygen atoms in total. The van der Waals surface area contributed by atoms with Crippen molar-refractivity contribution in [3.8, 4) is 11.5 Å². The average molecular weight is 677 g/mol. The Balaban J connectivity index is 0.00000480. The number of halogens is 1. The molecule has 5 rings (SSSR count). The molecule has 2 aliphatic heterocycles. The summed E-state index contributed by atoms with van der Waals surface area (Å²) in [5, 5.41) is 14.2. The molecule has 46 heavy (non-hydrogen) atoms. The molecule has 2 aromatic carbocycles. The third kappa shape index (κ3) is 8.16. The monoisotopic (exact) mass is 676 g/mol. The number of carbonyl (C=O) groups is 2. The van der Waals surface area contributed by atoms with Crippen LogP contribution in [0.1, 0.15) is 76.7 Å². The van der Waals surface area contributed by atoms with E-state index in [1.54, 1.807) is 24.3 Å². The van der Waals surface area contributed by atoms with Crippen molar-refractivity contribution in [3.63, 3.8) is 0 Å². The molecule has 1 spiro atoms. The third-order valence-corrected chi connectivity index (χ3v) is 11.1. The molecule has 254 valence electrons. The van der Waals surface area contributed by atoms with Crippen molar-refractivity contribution in [2.24, 2.45) is 0 Å². The highest BCUT2D eigenvalue weighted by Gasteiger charge is 2.54. The summed E-state index contributed by atoms with van der Waals surface area (Å²) >= 11 is 0. The summed E-state index contributed by atoms with van der Waals surface area (Å²) in [7, 11) is -1.82. The zero-order valence-corrected chi connectivity index (χ0v) is 28.9. The molecule has 1 saturated carbocycles. The number of benzene rings is 2. The highest BCUT2D eigenvalue weighted by molar-refractivity contribution is 7.92. The summed E-state index contributed by atoms with van der Waals surface area (Å²) < 4.78 is 30.7. The molecule has 0 aromatic heterocycles. The summed E-state index contributed by atoms with van der Waals surface area (Å²) in [5.74, 6) is 1.18. The molecule has 2 N–H and O–H groups in total. The van der Waals surface area contributed by atoms with Crippen LogP contribution in [0.5, 0.6) is 11.5 Å². The van der Waals surface area contributed by atoms with Gasteiger partial charge in [-0.3, -0.25) is 18.8 Å². The second kappa shape index (κ2) is 14.9. The van der Waals surface area contributed by atoms with Crippen LogP contribution >= 0.6 is 12.4 Å². The number of ether oxygens (including phenoxy) is 1. The number of sulfonamides is 1. The molecule has 3 fully saturated rings. The summed E-state index contributed by atoms with van der Waals surface area (Å²) in [4.78, 5) is 31.8. The summed E-state index contributed by atoms with van der Waals surface area (Å²) in [6.07, 6.45) is 8.81. The minimum Gasteiger partial charge on any atom is -0.457 e. The zero-order chi connectivity index (χ0) is 32.2. The minimum atomic E-state index is -3.33. The Morgan fingerprint density at radius 1 is 0.957 bits per heavy atom. The Morgan fingerprint density at radius 2 is 1.54 bits per heavy atom. The van der Waals surface area contributed by atoms with Crippen LogP contribution in [0.25, 0.3) is 0 Å². The van der Waals surface area contributed by atoms with Crippen molar-refractivity contribution < 1.29 is 27.9 Å². The largest absolute Gasteiger partial charge is 0.457 e. The number of hydrogen-bond donors (Lipinski definition) is 2. The second-order valence-electron chi connectivity index (χ2n) is 13.1. The van der Waals surface area contributed by atoms with Gasteiger partial charge in [0.25, 0.3) is 0 Å². The fraction of sp³-hybridized carbons (Fsp3) is 0.588. The number of hydrogen-bond acceptors (Lipinski definition) is 7. The molecule has 1 atom stereocenters. The van der Waals surface area contributed by atoms with Gasteiger partial charge in [-0.25, -0.2) is 8.42 Å². The van der Waals surface area contributed by atoms with E-state index in [9.17, 15) is 23.1 Å². The molecule has 0 unspecified atom stereocenters. The van der Waals surface area contributed by atoms with E-state index in [-0.39, 0.29) is 24.2 Å². The van der Waals surface area contributed by atoms with Gasteiger partial charge in [0.2, 0.25) is 21.8 Å². The highest BCUT2D eigenvalue weighted by Crippen LogP contribution is 2.38. The van der Waals surface area contributed by atoms with Gasteiger partial charge >= 0.3 is 0 Å². The van der Waals surface area contributed by atoms with E-state index in [1.165, 1.54) is 11.4 Å². The maximum absolute atomic E-state index is 13.8. The lowest BCUT2D eigenvalue weighted by Crippen LogP contribution is -2.73. The van der Waals surface area contributed by atoms with Crippen molar-refractivity contribution in [1.29, 1.82) is 0 Å². The number of rotatable bonds is 11. The molecule has 1 aliphatic carbocycles. The molecule has 0 bridgehead atoms. The van der Waals surface area contributed by atoms with Crippen LogP contribution in [0.4, 0.5) is 5.69 Å². The predicted octanol–water partition coefficient (Wildman–Crippen LogP) is 4.84. The average Bonchev–Trinajstić information content (AvgIpc) is 3.02. The Labute approximate surface area is 279 Å². The minimum absolute atomic E-state index is 0. The van der Waals surface area contributed by atoms with Gasteiger partial charge in [-0.15, -0.1) is 12.4 Å². The normalized spacial score (nSPS) is 21.4. The second-order valence-corrected chi connectivity index (χ2v) is 15.2. The van der Waals surface area contributed by atoms with Gasteiger partial charge in [-0.2, -0.15) is 0 Å². The van der Waals surface area contributed by atoms with Gasteiger partial charge in [0, 0.05) is 39.6 Å². The van der Waals surface area contributed by atoms with Crippen molar-refractivity contribution >= 4 is 39.9 Å². The number of unbranched alkanes of at least 4 members (excludes halogenated alkanes) is 1. The Morgan fingerprint density at radius 3 is 2.11 bits per heavy atom. The van der Waals surface area contributed by atoms with E-state index in [0.717, 1.165) is 50.5 Å². The van der Waals surface area contributed by atoms with E-state index in [1.807, 2.05) is 29.2 Å². The number of anilines is 1. The standard InChI is InChI=1S/C34H48N4O6S.ClH/c1-4-5-21-38-31(39)30(24-33(41)17-7-6-8-18-33)35-32(40)34(38)19-22-37(23-20-34)25-26-9-13-28(14-10-26)44-29-15-11-27(12-16-29)36(2)45(3,42)43;/h9-16,30,41H,4-8,17-25H2,1-3H3,(H,35,40);1H/t30-;/m1./s1. The number of amides is 2. The molecule has 2 heterocycles. The number of carbonyl (C=O) groups excluding carboxylic acids is 2. The van der Waals surface area contributed by atoms with E-state index in [2.05, 4.69) is 17.1 Å². The first-order valence-corrected chi connectivity index (χ1v) is 18.2. The molecule has 3 aliphatic rings. The Hall–Kier alpha value is -2.86. The first-order chi connectivity index (χ1) is 21.4. The summed E-state index contributed by atoms with van der Waals surface area (Å²) in [6, 6.07) is 14.1. The first-order valence-electron chi connectivity index (χ1n) is 16.3. The molecular weight excluding hydrogens is 628 g/mol. The maximum Gasteiger partial charge on any atom is 0.246 e. The summed E-state index contributed by atoms with van der Waals surface area (Å²) in [6.45, 7) is 4.78. The van der Waals surface area contributed by atoms with Crippen LogP contribution in [0.2, 0.25) is 0 Å². The number of piperazine rings is 1. The highest BCUT2D eigenvalue weighted by atomic mass is 35.5. The van der Waals surface area contributed by atoms with Crippen LogP contribution in [0.3, 0.4) is 0 Å². The molecule has 2 aromatic rings. The quantitative estimate of drug-likeness (QED) is 0.350. The van der Waals surface area contributed by atoms with Crippen LogP contribution in [0, 0.1) is 0 Å². The lowest BCUT2D eigenvalue weighted by atomic mass is 9.77. The van der Waals surface area contributed by atoms with E-state index in [0.29, 0.717) is 68.9 Å². The fourth-order valence-electron chi connectivity index (χ4n) is 7.00. The zero-order valence-electron chi connectivity index (χ0n) is 27.2. The summed E-state index contributed by atoms with van der Waals surface area (Å²) in [5.41, 5.74) is -0.0305. The number of likely N-dealkylation sites (tertiary alicyclic amines) is 1. The number of aliphatic hydroxyl groups is 1. The van der Waals surface area contributed by atoms with Crippen molar-refractivity contribution in [3.05, 3.63) is 54.1 Å². The molecule has 2 amide bonds. The number of nitrogens with zero attached hydrogens (tertiary/aromatic N) is 3. The number of piperidine rings is 1. The van der Waals surface area contributed by atoms with E-state index in [4.69, 9.17) is 4.74 Å². The van der Waals surface area contributed by atoms with Crippen LogP contribution < -0.4 is 14.4 Å². The van der Waals surface area contributed by atoms with E-state index >= 15 is 0 Å². The number of nitrogens with one attached hydrogen (secondary N) is 1. The molecule has 0 radical (unpaired) electrons. The van der Waals surface area contributed by atoms with Crippen molar-refractivity contribution in [2.45, 2.75) is 94.9 Å². The maximum atomic E-state index is 13.8. The SMILES string of the molecule is CCCCN1C(=O)[C@@H](CC2(O)CCCCC2)NC(=O)C12CCN(Cc1ccc(Oc3ccc(N(C)S(C)(=O)=O)cc3)cc1)CC2.Cl. The van der Waals surface area contributed by atoms with Gasteiger partial charge in [0.1, 0.15) is 23.1 Å². The lowest BCUT2D eigenvalue weighted by Gasteiger charge is -2.52. The van der Waals surface area contributed by atoms with Crippen molar-refractivity contribution in [1.82, 2.24) is 15.1 Å². The lowest BCUT2D eigenvalue weighted by molar-refractivity contribution is -0.163. The van der Waals surface area contributed by atoms with E-state index < -0.39 is 27.2 Å². The fourth-order valence-corrected chi connectivity index (χ4v) is 7.50. The smallest absolute Gasteiger partial charge is 0.246 e. The molecule has 12 heteroatoms. The van der Waals surface area contributed by atoms with Crippen molar-refractivity contribution in [2.75, 3.05) is 37.2 Å². The first kappa shape index (κ1) is 36.0. The third-order valence-electron chi connectivity index (χ3n) is 9.86. The predicted molar refractivity (Wildman–Crippen MR) is 182 cm³/mol. The van der Waals surface area contributed by atoms with Crippen LogP contribution in [-0.4, -0.2) is 85.3 Å². The van der Waals surface area contributed by atoms with Gasteiger partial charge in [-0.1, -0.05) is 44.7 Å². The van der Waals surface area contributed by atoms with Gasteiger partial charge in [-0.05, 0) is 74.1 Å². The Bertz CT molecular complexity index is 1440. The van der Waals surface area contributed by atoms with Crippen LogP contribution in [0.15, 0.2) is 48.5 Å². The Kier molecular flexibility index (Phi) is 11.7. The van der Waals surface area contributed by atoms with Crippen LogP contribution in [-0.2, 0) is 26.2 Å².